The maximum atomic E-state index is 14.0. The van der Waals surface area contributed by atoms with Gasteiger partial charge in [0.1, 0.15) is 12.6 Å². The van der Waals surface area contributed by atoms with Crippen LogP contribution >= 0.6 is 23.2 Å². The second-order valence-electron chi connectivity index (χ2n) is 9.72. The number of aryl methyl sites for hydroxylation is 2. The molecule has 0 aliphatic rings. The van der Waals surface area contributed by atoms with Crippen LogP contribution in [0.3, 0.4) is 0 Å². The van der Waals surface area contributed by atoms with E-state index in [4.69, 9.17) is 23.2 Å². The zero-order chi connectivity index (χ0) is 29.4. The Balaban J connectivity index is 2.04. The van der Waals surface area contributed by atoms with E-state index in [0.717, 1.165) is 33.8 Å². The average molecular weight is 605 g/mol. The minimum absolute atomic E-state index is 0.0119. The Morgan fingerprint density at radius 1 is 0.950 bits per heavy atom. The molecule has 1 atom stereocenters. The Hall–Kier alpha value is -3.07. The summed E-state index contributed by atoms with van der Waals surface area (Å²) >= 11 is 12.5. The van der Waals surface area contributed by atoms with E-state index in [-0.39, 0.29) is 33.1 Å². The standard InChI is InChI=1S/C30H35Cl2N3O4S/c1-5-6-15-33-30(37)23(4)34(19-24-10-8-7-9-22(24)3)29(36)20-35(27-17-25(31)16-26(32)18-27)40(38,39)28-13-11-21(2)12-14-28/h7-14,16-18,23H,5-6,15,19-20H2,1-4H3,(H,33,37). The van der Waals surface area contributed by atoms with Crippen LogP contribution in [0, 0.1) is 13.8 Å². The van der Waals surface area contributed by atoms with Crippen molar-refractivity contribution in [2.45, 2.75) is 58.0 Å². The van der Waals surface area contributed by atoms with E-state index in [1.165, 1.54) is 35.2 Å². The first kappa shape index (κ1) is 31.5. The summed E-state index contributed by atoms with van der Waals surface area (Å²) in [5, 5.41) is 3.32. The largest absolute Gasteiger partial charge is 0.354 e. The monoisotopic (exact) mass is 603 g/mol. The van der Waals surface area contributed by atoms with Gasteiger partial charge in [0.25, 0.3) is 10.0 Å². The molecule has 3 aromatic carbocycles. The topological polar surface area (TPSA) is 86.8 Å². The fourth-order valence-electron chi connectivity index (χ4n) is 4.14. The predicted octanol–water partition coefficient (Wildman–Crippen LogP) is 6.14. The molecule has 3 rings (SSSR count). The lowest BCUT2D eigenvalue weighted by Gasteiger charge is -2.32. The van der Waals surface area contributed by atoms with Crippen LogP contribution < -0.4 is 9.62 Å². The van der Waals surface area contributed by atoms with Crippen molar-refractivity contribution in [1.29, 1.82) is 0 Å². The smallest absolute Gasteiger partial charge is 0.264 e. The number of unbranched alkanes of at least 4 members (excludes halogenated alkanes) is 1. The van der Waals surface area contributed by atoms with E-state index in [1.807, 2.05) is 45.0 Å². The number of carbonyl (C=O) groups excluding carboxylic acids is 2. The highest BCUT2D eigenvalue weighted by Crippen LogP contribution is 2.30. The zero-order valence-corrected chi connectivity index (χ0v) is 25.5. The Morgan fingerprint density at radius 2 is 1.57 bits per heavy atom. The number of carbonyl (C=O) groups is 2. The number of rotatable bonds is 12. The minimum atomic E-state index is -4.21. The molecular formula is C30H35Cl2N3O4S. The van der Waals surface area contributed by atoms with Crippen LogP contribution in [0.5, 0.6) is 0 Å². The van der Waals surface area contributed by atoms with Crippen LogP contribution in [0.1, 0.15) is 43.4 Å². The Kier molecular flexibility index (Phi) is 11.0. The van der Waals surface area contributed by atoms with Gasteiger partial charge in [-0.2, -0.15) is 0 Å². The summed E-state index contributed by atoms with van der Waals surface area (Å²) in [5.41, 5.74) is 2.83. The molecule has 0 spiro atoms. The number of hydrogen-bond acceptors (Lipinski definition) is 4. The highest BCUT2D eigenvalue weighted by atomic mass is 35.5. The van der Waals surface area contributed by atoms with Crippen molar-refractivity contribution < 1.29 is 18.0 Å². The Morgan fingerprint density at radius 3 is 2.17 bits per heavy atom. The van der Waals surface area contributed by atoms with Gasteiger partial charge in [-0.05, 0) is 68.7 Å². The summed E-state index contributed by atoms with van der Waals surface area (Å²) in [6, 6.07) is 17.4. The molecule has 1 N–H and O–H groups in total. The second kappa shape index (κ2) is 14.0. The van der Waals surface area contributed by atoms with E-state index in [2.05, 4.69) is 5.32 Å². The number of hydrogen-bond donors (Lipinski definition) is 1. The highest BCUT2D eigenvalue weighted by Gasteiger charge is 2.33. The first-order valence-electron chi connectivity index (χ1n) is 13.1. The molecule has 0 saturated carbocycles. The first-order valence-corrected chi connectivity index (χ1v) is 15.3. The molecule has 0 radical (unpaired) electrons. The molecule has 214 valence electrons. The van der Waals surface area contributed by atoms with Crippen molar-refractivity contribution in [2.75, 3.05) is 17.4 Å². The number of halogens is 2. The molecule has 7 nitrogen and oxygen atoms in total. The van der Waals surface area contributed by atoms with Crippen molar-refractivity contribution in [3.63, 3.8) is 0 Å². The third-order valence-corrected chi connectivity index (χ3v) is 8.85. The number of nitrogens with one attached hydrogen (secondary N) is 1. The zero-order valence-electron chi connectivity index (χ0n) is 23.2. The van der Waals surface area contributed by atoms with Gasteiger partial charge in [0.15, 0.2) is 0 Å². The first-order chi connectivity index (χ1) is 18.9. The summed E-state index contributed by atoms with van der Waals surface area (Å²) in [7, 11) is -4.21. The van der Waals surface area contributed by atoms with Gasteiger partial charge in [0.2, 0.25) is 11.8 Å². The maximum Gasteiger partial charge on any atom is 0.264 e. The van der Waals surface area contributed by atoms with Gasteiger partial charge < -0.3 is 10.2 Å². The maximum absolute atomic E-state index is 14.0. The lowest BCUT2D eigenvalue weighted by atomic mass is 10.1. The average Bonchev–Trinajstić information content (AvgIpc) is 2.90. The van der Waals surface area contributed by atoms with Crippen molar-refractivity contribution in [2.24, 2.45) is 0 Å². The molecule has 10 heteroatoms. The quantitative estimate of drug-likeness (QED) is 0.252. The third kappa shape index (κ3) is 7.99. The SMILES string of the molecule is CCCCNC(=O)C(C)N(Cc1ccccc1C)C(=O)CN(c1cc(Cl)cc(Cl)c1)S(=O)(=O)c1ccc(C)cc1. The highest BCUT2D eigenvalue weighted by molar-refractivity contribution is 7.92. The molecule has 0 bridgehead atoms. The van der Waals surface area contributed by atoms with Crippen molar-refractivity contribution in [3.05, 3.63) is 93.5 Å². The van der Waals surface area contributed by atoms with Crippen LogP contribution in [0.4, 0.5) is 5.69 Å². The molecule has 0 aromatic heterocycles. The van der Waals surface area contributed by atoms with Crippen molar-refractivity contribution in [3.8, 4) is 0 Å². The van der Waals surface area contributed by atoms with Crippen molar-refractivity contribution in [1.82, 2.24) is 10.2 Å². The summed E-state index contributed by atoms with van der Waals surface area (Å²) in [6.45, 7) is 7.49. The summed E-state index contributed by atoms with van der Waals surface area (Å²) in [4.78, 5) is 28.5. The molecular weight excluding hydrogens is 569 g/mol. The van der Waals surface area contributed by atoms with Gasteiger partial charge in [0.05, 0.1) is 10.6 Å². The summed E-state index contributed by atoms with van der Waals surface area (Å²) in [5.74, 6) is -0.859. The third-order valence-electron chi connectivity index (χ3n) is 6.62. The Labute approximate surface area is 247 Å². The van der Waals surface area contributed by atoms with E-state index >= 15 is 0 Å². The number of sulfonamides is 1. The predicted molar refractivity (Wildman–Crippen MR) is 161 cm³/mol. The van der Waals surface area contributed by atoms with E-state index in [0.29, 0.717) is 6.54 Å². The van der Waals surface area contributed by atoms with E-state index < -0.39 is 28.5 Å². The van der Waals surface area contributed by atoms with Gasteiger partial charge in [-0.3, -0.25) is 13.9 Å². The number of amides is 2. The van der Waals surface area contributed by atoms with Gasteiger partial charge in [-0.25, -0.2) is 8.42 Å². The van der Waals surface area contributed by atoms with Crippen LogP contribution in [0.15, 0.2) is 71.6 Å². The van der Waals surface area contributed by atoms with Gasteiger partial charge >= 0.3 is 0 Å². The fourth-order valence-corrected chi connectivity index (χ4v) is 6.05. The van der Waals surface area contributed by atoms with Gasteiger partial charge in [0, 0.05) is 23.1 Å². The molecule has 1 unspecified atom stereocenters. The molecule has 0 fully saturated rings. The fraction of sp³-hybridized carbons (Fsp3) is 0.333. The van der Waals surface area contributed by atoms with E-state index in [9.17, 15) is 18.0 Å². The van der Waals surface area contributed by atoms with E-state index in [1.54, 1.807) is 19.1 Å². The molecule has 0 aliphatic carbocycles. The molecule has 0 aliphatic heterocycles. The summed E-state index contributed by atoms with van der Waals surface area (Å²) in [6.07, 6.45) is 1.72. The molecule has 3 aromatic rings. The van der Waals surface area contributed by atoms with Crippen LogP contribution in [0.25, 0.3) is 0 Å². The second-order valence-corrected chi connectivity index (χ2v) is 12.5. The molecule has 40 heavy (non-hydrogen) atoms. The molecule has 0 heterocycles. The lowest BCUT2D eigenvalue weighted by molar-refractivity contribution is -0.139. The number of nitrogens with zero attached hydrogens (tertiary/aromatic N) is 2. The molecule has 0 saturated heterocycles. The van der Waals surface area contributed by atoms with Crippen molar-refractivity contribution >= 4 is 50.7 Å². The van der Waals surface area contributed by atoms with Crippen LogP contribution in [0.2, 0.25) is 10.0 Å². The number of benzene rings is 3. The van der Waals surface area contributed by atoms with Gasteiger partial charge in [-0.15, -0.1) is 0 Å². The minimum Gasteiger partial charge on any atom is -0.354 e. The normalized spacial score (nSPS) is 12.1. The molecule has 2 amide bonds. The number of anilines is 1. The lowest BCUT2D eigenvalue weighted by Crippen LogP contribution is -2.51. The Bertz CT molecular complexity index is 1430. The van der Waals surface area contributed by atoms with Crippen LogP contribution in [-0.4, -0.2) is 44.3 Å². The van der Waals surface area contributed by atoms with Gasteiger partial charge in [-0.1, -0.05) is 78.5 Å². The summed E-state index contributed by atoms with van der Waals surface area (Å²) < 4.78 is 28.8. The van der Waals surface area contributed by atoms with Crippen LogP contribution in [-0.2, 0) is 26.2 Å².